The van der Waals surface area contributed by atoms with Crippen LogP contribution in [0.4, 0.5) is 0 Å². The number of nitrogens with one attached hydrogen (secondary N) is 1. The summed E-state index contributed by atoms with van der Waals surface area (Å²) in [6.07, 6.45) is 3.78. The first-order valence-electron chi connectivity index (χ1n) is 5.13. The normalized spacial score (nSPS) is 34.1. The van der Waals surface area contributed by atoms with E-state index in [1.807, 2.05) is 6.92 Å². The molecule has 1 aliphatic heterocycles. The van der Waals surface area contributed by atoms with Crippen molar-refractivity contribution in [3.8, 4) is 0 Å². The van der Waals surface area contributed by atoms with Crippen LogP contribution in [0, 0.1) is 0 Å². The number of carbonyl (C=O) groups excluding carboxylic acids is 1. The lowest BCUT2D eigenvalue weighted by Gasteiger charge is -2.25. The molecule has 2 rings (SSSR count). The monoisotopic (exact) mass is 217 g/mol. The fourth-order valence-corrected chi connectivity index (χ4v) is 2.11. The van der Waals surface area contributed by atoms with Crippen LogP contribution in [-0.2, 0) is 9.53 Å². The Morgan fingerprint density at radius 2 is 2.21 bits per heavy atom. The third-order valence-electron chi connectivity index (χ3n) is 3.19. The van der Waals surface area contributed by atoms with Crippen LogP contribution in [-0.4, -0.2) is 29.5 Å². The molecule has 0 aromatic carbocycles. The van der Waals surface area contributed by atoms with E-state index in [2.05, 4.69) is 5.32 Å². The minimum Gasteiger partial charge on any atom is -0.365 e. The van der Waals surface area contributed by atoms with Crippen molar-refractivity contribution in [1.82, 2.24) is 5.32 Å². The van der Waals surface area contributed by atoms with Crippen molar-refractivity contribution in [3.05, 3.63) is 0 Å². The highest BCUT2D eigenvalue weighted by molar-refractivity contribution is 6.19. The number of alkyl halides is 1. The number of amides is 1. The van der Waals surface area contributed by atoms with Crippen molar-refractivity contribution in [3.63, 3.8) is 0 Å². The first-order valence-corrected chi connectivity index (χ1v) is 5.66. The Morgan fingerprint density at radius 1 is 1.50 bits per heavy atom. The minimum atomic E-state index is -0.609. The zero-order valence-corrected chi connectivity index (χ0v) is 9.19. The van der Waals surface area contributed by atoms with Crippen LogP contribution in [0.25, 0.3) is 0 Å². The van der Waals surface area contributed by atoms with Gasteiger partial charge in [0.1, 0.15) is 5.60 Å². The largest absolute Gasteiger partial charge is 0.365 e. The summed E-state index contributed by atoms with van der Waals surface area (Å²) in [6.45, 7) is 2.55. The Hall–Kier alpha value is -0.280. The summed E-state index contributed by atoms with van der Waals surface area (Å²) >= 11 is 5.80. The zero-order chi connectivity index (χ0) is 10.2. The Balaban J connectivity index is 1.95. The fraction of sp³-hybridized carbons (Fsp3) is 0.900. The maximum absolute atomic E-state index is 11.9. The standard InChI is InChI=1S/C10H16ClNO2/c1-9(3-2-6-14-9)8(13)12-10(7-11)4-5-10/h2-7H2,1H3,(H,12,13). The van der Waals surface area contributed by atoms with Crippen LogP contribution in [0.3, 0.4) is 0 Å². The van der Waals surface area contributed by atoms with Gasteiger partial charge in [0.25, 0.3) is 5.91 Å². The molecular weight excluding hydrogens is 202 g/mol. The van der Waals surface area contributed by atoms with Gasteiger partial charge in [-0.3, -0.25) is 4.79 Å². The summed E-state index contributed by atoms with van der Waals surface area (Å²) in [5, 5.41) is 3.00. The van der Waals surface area contributed by atoms with E-state index in [0.717, 1.165) is 25.7 Å². The molecule has 1 heterocycles. The molecule has 0 aromatic heterocycles. The first-order chi connectivity index (χ1) is 6.60. The molecule has 14 heavy (non-hydrogen) atoms. The maximum Gasteiger partial charge on any atom is 0.252 e. The molecule has 1 atom stereocenters. The SMILES string of the molecule is CC1(C(=O)NC2(CCl)CC2)CCCO1. The number of rotatable bonds is 3. The number of carbonyl (C=O) groups is 1. The number of hydrogen-bond acceptors (Lipinski definition) is 2. The third kappa shape index (κ3) is 1.75. The molecule has 1 unspecified atom stereocenters. The number of halogens is 1. The molecule has 0 aromatic rings. The molecule has 1 saturated carbocycles. The van der Waals surface area contributed by atoms with Crippen LogP contribution < -0.4 is 5.32 Å². The van der Waals surface area contributed by atoms with Crippen LogP contribution in [0.5, 0.6) is 0 Å². The zero-order valence-electron chi connectivity index (χ0n) is 8.44. The minimum absolute atomic E-state index is 0.00755. The molecule has 0 spiro atoms. The van der Waals surface area contributed by atoms with E-state index in [1.165, 1.54) is 0 Å². The van der Waals surface area contributed by atoms with Crippen LogP contribution in [0.1, 0.15) is 32.6 Å². The summed E-state index contributed by atoms with van der Waals surface area (Å²) in [7, 11) is 0. The van der Waals surface area contributed by atoms with Gasteiger partial charge in [-0.1, -0.05) is 0 Å². The van der Waals surface area contributed by atoms with E-state index >= 15 is 0 Å². The van der Waals surface area contributed by atoms with Gasteiger partial charge in [-0.2, -0.15) is 0 Å². The van der Waals surface area contributed by atoms with Gasteiger partial charge in [-0.05, 0) is 32.6 Å². The predicted molar refractivity (Wildman–Crippen MR) is 54.4 cm³/mol. The Bertz CT molecular complexity index is 245. The number of hydrogen-bond donors (Lipinski definition) is 1. The molecule has 3 nitrogen and oxygen atoms in total. The van der Waals surface area contributed by atoms with E-state index in [4.69, 9.17) is 16.3 Å². The van der Waals surface area contributed by atoms with Gasteiger partial charge in [0.15, 0.2) is 0 Å². The highest BCUT2D eigenvalue weighted by atomic mass is 35.5. The summed E-state index contributed by atoms with van der Waals surface area (Å²) in [4.78, 5) is 11.9. The molecule has 0 bridgehead atoms. The van der Waals surface area contributed by atoms with Crippen LogP contribution in [0.2, 0.25) is 0 Å². The Kier molecular flexibility index (Phi) is 2.48. The molecule has 2 fully saturated rings. The molecule has 2 aliphatic rings. The molecule has 1 aliphatic carbocycles. The smallest absolute Gasteiger partial charge is 0.252 e. The lowest BCUT2D eigenvalue weighted by atomic mass is 10.0. The molecular formula is C10H16ClNO2. The van der Waals surface area contributed by atoms with Crippen molar-refractivity contribution < 1.29 is 9.53 Å². The fourth-order valence-electron chi connectivity index (χ4n) is 1.77. The summed E-state index contributed by atoms with van der Waals surface area (Å²) < 4.78 is 5.47. The summed E-state index contributed by atoms with van der Waals surface area (Å²) in [5.74, 6) is 0.516. The van der Waals surface area contributed by atoms with Crippen molar-refractivity contribution in [2.45, 2.75) is 43.7 Å². The predicted octanol–water partition coefficient (Wildman–Crippen LogP) is 1.44. The second-order valence-electron chi connectivity index (χ2n) is 4.55. The summed E-state index contributed by atoms with van der Waals surface area (Å²) in [5.41, 5.74) is -0.727. The van der Waals surface area contributed by atoms with E-state index in [9.17, 15) is 4.79 Å². The average Bonchev–Trinajstić information content (AvgIpc) is 2.80. The van der Waals surface area contributed by atoms with Crippen LogP contribution in [0.15, 0.2) is 0 Å². The molecule has 1 amide bonds. The lowest BCUT2D eigenvalue weighted by Crippen LogP contribution is -2.50. The lowest BCUT2D eigenvalue weighted by molar-refractivity contribution is -0.140. The number of ether oxygens (including phenoxy) is 1. The van der Waals surface area contributed by atoms with Crippen molar-refractivity contribution in [2.24, 2.45) is 0 Å². The van der Waals surface area contributed by atoms with E-state index in [0.29, 0.717) is 12.5 Å². The molecule has 80 valence electrons. The Labute approximate surface area is 89.1 Å². The quantitative estimate of drug-likeness (QED) is 0.727. The van der Waals surface area contributed by atoms with Crippen molar-refractivity contribution in [1.29, 1.82) is 0 Å². The Morgan fingerprint density at radius 3 is 2.64 bits per heavy atom. The topological polar surface area (TPSA) is 38.3 Å². The van der Waals surface area contributed by atoms with Gasteiger partial charge in [0.05, 0.1) is 5.54 Å². The second-order valence-corrected chi connectivity index (χ2v) is 4.82. The van der Waals surface area contributed by atoms with E-state index < -0.39 is 5.60 Å². The van der Waals surface area contributed by atoms with E-state index in [-0.39, 0.29) is 11.4 Å². The second kappa shape index (κ2) is 3.38. The molecule has 4 heteroatoms. The van der Waals surface area contributed by atoms with Gasteiger partial charge in [0.2, 0.25) is 0 Å². The van der Waals surface area contributed by atoms with Crippen molar-refractivity contribution in [2.75, 3.05) is 12.5 Å². The van der Waals surface area contributed by atoms with Gasteiger partial charge < -0.3 is 10.1 Å². The van der Waals surface area contributed by atoms with Gasteiger partial charge in [-0.15, -0.1) is 11.6 Å². The average molecular weight is 218 g/mol. The van der Waals surface area contributed by atoms with Crippen molar-refractivity contribution >= 4 is 17.5 Å². The van der Waals surface area contributed by atoms with Gasteiger partial charge in [0, 0.05) is 12.5 Å². The molecule has 0 radical (unpaired) electrons. The van der Waals surface area contributed by atoms with E-state index in [1.54, 1.807) is 0 Å². The first kappa shape index (κ1) is 10.2. The molecule has 1 N–H and O–H groups in total. The van der Waals surface area contributed by atoms with Gasteiger partial charge in [-0.25, -0.2) is 0 Å². The highest BCUT2D eigenvalue weighted by Gasteiger charge is 2.47. The van der Waals surface area contributed by atoms with Gasteiger partial charge >= 0.3 is 0 Å². The highest BCUT2D eigenvalue weighted by Crippen LogP contribution is 2.37. The third-order valence-corrected chi connectivity index (χ3v) is 3.70. The maximum atomic E-state index is 11.9. The van der Waals surface area contributed by atoms with Crippen LogP contribution >= 0.6 is 11.6 Å². The molecule has 1 saturated heterocycles. The summed E-state index contributed by atoms with van der Waals surface area (Å²) in [6, 6.07) is 0.